The first kappa shape index (κ1) is 21.2. The first-order valence-electron chi connectivity index (χ1n) is 10.5. The predicted octanol–water partition coefficient (Wildman–Crippen LogP) is 5.21. The highest BCUT2D eigenvalue weighted by Gasteiger charge is 2.17. The van der Waals surface area contributed by atoms with Gasteiger partial charge in [0.2, 0.25) is 11.9 Å². The van der Waals surface area contributed by atoms with Gasteiger partial charge in [-0.3, -0.25) is 9.59 Å². The van der Waals surface area contributed by atoms with Crippen LogP contribution in [0.4, 0.5) is 17.3 Å². The minimum absolute atomic E-state index is 0.125. The number of Topliss-reactive ketones (excluding diaryl/α,β-unsaturated/α-hetero) is 1. The number of anilines is 3. The van der Waals surface area contributed by atoms with Crippen molar-refractivity contribution in [2.75, 3.05) is 16.8 Å². The molecule has 3 aromatic rings. The number of carbonyl (C=O) groups excluding carboxylic acids is 2. The van der Waals surface area contributed by atoms with Crippen molar-refractivity contribution in [2.45, 2.75) is 20.3 Å². The lowest BCUT2D eigenvalue weighted by Gasteiger charge is -2.20. The van der Waals surface area contributed by atoms with Crippen LogP contribution < -0.4 is 10.2 Å². The number of hydrogen-bond donors (Lipinski definition) is 1. The Morgan fingerprint density at radius 3 is 2.84 bits per heavy atom. The lowest BCUT2D eigenvalue weighted by molar-refractivity contribution is -0.114. The summed E-state index contributed by atoms with van der Waals surface area (Å²) in [7, 11) is 0. The number of ketones is 1. The molecule has 160 valence electrons. The second kappa shape index (κ2) is 8.98. The molecule has 1 amide bonds. The van der Waals surface area contributed by atoms with Gasteiger partial charge in [0.05, 0.1) is 5.52 Å². The molecule has 0 unspecified atom stereocenters. The van der Waals surface area contributed by atoms with Gasteiger partial charge in [-0.25, -0.2) is 9.97 Å². The maximum Gasteiger partial charge on any atom is 0.250 e. The van der Waals surface area contributed by atoms with Crippen molar-refractivity contribution < 1.29 is 9.59 Å². The van der Waals surface area contributed by atoms with Gasteiger partial charge in [0.25, 0.3) is 0 Å². The third-order valence-electron chi connectivity index (χ3n) is 5.38. The second-order valence-corrected chi connectivity index (χ2v) is 7.52. The Labute approximate surface area is 187 Å². The van der Waals surface area contributed by atoms with Crippen LogP contribution in [0, 0.1) is 0 Å². The third kappa shape index (κ3) is 4.21. The zero-order valence-electron chi connectivity index (χ0n) is 18.1. The van der Waals surface area contributed by atoms with Gasteiger partial charge in [-0.1, -0.05) is 30.9 Å². The Morgan fingerprint density at radius 1 is 1.25 bits per heavy atom. The first-order valence-corrected chi connectivity index (χ1v) is 10.5. The number of carbonyl (C=O) groups is 2. The maximum absolute atomic E-state index is 12.4. The Bertz CT molecular complexity index is 1290. The highest BCUT2D eigenvalue weighted by molar-refractivity contribution is 6.23. The van der Waals surface area contributed by atoms with E-state index >= 15 is 0 Å². The molecule has 4 rings (SSSR count). The Hall–Kier alpha value is -4.06. The number of aromatic nitrogens is 2. The van der Waals surface area contributed by atoms with E-state index in [1.807, 2.05) is 68.5 Å². The van der Waals surface area contributed by atoms with E-state index in [1.165, 1.54) is 6.08 Å². The molecule has 0 saturated carbocycles. The molecule has 0 spiro atoms. The van der Waals surface area contributed by atoms with Crippen LogP contribution >= 0.6 is 0 Å². The van der Waals surface area contributed by atoms with Gasteiger partial charge in [0.15, 0.2) is 5.78 Å². The smallest absolute Gasteiger partial charge is 0.250 e. The third-order valence-corrected chi connectivity index (χ3v) is 5.38. The Morgan fingerprint density at radius 2 is 2.09 bits per heavy atom. The average Bonchev–Trinajstić information content (AvgIpc) is 2.79. The number of rotatable bonds is 6. The molecule has 1 heterocycles. The number of fused-ring (bicyclic) bond motifs is 1. The number of likely N-dealkylation sites (N-methyl/N-ethyl adjacent to an activating group) is 1. The first-order chi connectivity index (χ1) is 15.5. The monoisotopic (exact) mass is 424 g/mol. The molecule has 6 nitrogen and oxygen atoms in total. The van der Waals surface area contributed by atoms with E-state index in [2.05, 4.69) is 21.9 Å². The highest BCUT2D eigenvalue weighted by Crippen LogP contribution is 2.28. The normalized spacial score (nSPS) is 13.4. The summed E-state index contributed by atoms with van der Waals surface area (Å²) in [6.45, 7) is 7.97. The molecule has 2 aromatic carbocycles. The van der Waals surface area contributed by atoms with Crippen LogP contribution in [-0.4, -0.2) is 28.2 Å². The minimum atomic E-state index is -0.153. The summed E-state index contributed by atoms with van der Waals surface area (Å²) in [6.07, 6.45) is 7.36. The van der Waals surface area contributed by atoms with Crippen molar-refractivity contribution in [2.24, 2.45) is 0 Å². The summed E-state index contributed by atoms with van der Waals surface area (Å²) in [5.74, 6) is 0.423. The van der Waals surface area contributed by atoms with Gasteiger partial charge in [0.1, 0.15) is 0 Å². The lowest BCUT2D eigenvalue weighted by atomic mass is 9.91. The van der Waals surface area contributed by atoms with Crippen LogP contribution in [0.15, 0.2) is 79.0 Å². The van der Waals surface area contributed by atoms with Crippen LogP contribution in [0.3, 0.4) is 0 Å². The van der Waals surface area contributed by atoms with E-state index in [0.717, 1.165) is 39.0 Å². The quantitative estimate of drug-likeness (QED) is 0.550. The van der Waals surface area contributed by atoms with Crippen LogP contribution in [0.1, 0.15) is 25.8 Å². The van der Waals surface area contributed by atoms with E-state index in [9.17, 15) is 9.59 Å². The van der Waals surface area contributed by atoms with E-state index in [4.69, 9.17) is 0 Å². The molecular formula is C26H24N4O2. The Balaban J connectivity index is 1.61. The van der Waals surface area contributed by atoms with Crippen LogP contribution in [0.25, 0.3) is 16.5 Å². The molecule has 32 heavy (non-hydrogen) atoms. The molecule has 0 aliphatic heterocycles. The summed E-state index contributed by atoms with van der Waals surface area (Å²) in [5, 5.41) is 4.07. The van der Waals surface area contributed by atoms with E-state index in [-0.39, 0.29) is 11.7 Å². The number of benzene rings is 2. The number of allylic oxidation sites excluding steroid dienone is 4. The van der Waals surface area contributed by atoms with Gasteiger partial charge in [-0.2, -0.15) is 0 Å². The minimum Gasteiger partial charge on any atom is -0.324 e. The molecular weight excluding hydrogens is 400 g/mol. The summed E-state index contributed by atoms with van der Waals surface area (Å²) >= 11 is 0. The van der Waals surface area contributed by atoms with Gasteiger partial charge in [0, 0.05) is 41.5 Å². The highest BCUT2D eigenvalue weighted by atomic mass is 16.2. The molecule has 0 fully saturated rings. The molecule has 1 N–H and O–H groups in total. The number of amides is 1. The number of nitrogens with zero attached hydrogens (tertiary/aromatic N) is 3. The molecule has 0 bridgehead atoms. The standard InChI is InChI=1S/C26H24N4O2/c1-4-24(32)30(5-2)21-10-7-9-20(15-21)28-26-27-16-19-14-18(12-13-22(19)29-26)25-17(3)8-6-11-23(25)31/h4,6-10,12-16H,1,5,11H2,2-3H3,(H,27,28,29). The molecule has 0 atom stereocenters. The molecule has 0 radical (unpaired) electrons. The number of hydrogen-bond acceptors (Lipinski definition) is 5. The fourth-order valence-corrected chi connectivity index (χ4v) is 3.84. The predicted molar refractivity (Wildman–Crippen MR) is 129 cm³/mol. The molecule has 0 saturated heterocycles. The largest absolute Gasteiger partial charge is 0.324 e. The van der Waals surface area contributed by atoms with Crippen molar-refractivity contribution >= 4 is 45.5 Å². The maximum atomic E-state index is 12.4. The zero-order valence-corrected chi connectivity index (χ0v) is 18.1. The SMILES string of the molecule is C=CC(=O)N(CC)c1cccc(Nc2ncc3cc(C4=C(C)C=CCC4=O)ccc3n2)c1. The van der Waals surface area contributed by atoms with Gasteiger partial charge in [-0.05, 0) is 61.4 Å². The lowest BCUT2D eigenvalue weighted by Crippen LogP contribution is -2.28. The molecule has 1 aromatic heterocycles. The Kier molecular flexibility index (Phi) is 5.94. The summed E-state index contributed by atoms with van der Waals surface area (Å²) in [4.78, 5) is 35.1. The van der Waals surface area contributed by atoms with Crippen molar-refractivity contribution in [3.05, 3.63) is 84.6 Å². The van der Waals surface area contributed by atoms with Crippen molar-refractivity contribution in [1.82, 2.24) is 9.97 Å². The van der Waals surface area contributed by atoms with E-state index in [0.29, 0.717) is 18.9 Å². The molecule has 1 aliphatic carbocycles. The number of nitrogens with one attached hydrogen (secondary N) is 1. The van der Waals surface area contributed by atoms with Gasteiger partial charge in [-0.15, -0.1) is 0 Å². The fourth-order valence-electron chi connectivity index (χ4n) is 3.84. The van der Waals surface area contributed by atoms with Crippen molar-refractivity contribution in [1.29, 1.82) is 0 Å². The van der Waals surface area contributed by atoms with E-state index in [1.54, 1.807) is 11.1 Å². The molecule has 1 aliphatic rings. The second-order valence-electron chi connectivity index (χ2n) is 7.52. The fraction of sp³-hybridized carbons (Fsp3) is 0.154. The van der Waals surface area contributed by atoms with Crippen LogP contribution in [0.2, 0.25) is 0 Å². The summed E-state index contributed by atoms with van der Waals surface area (Å²) < 4.78 is 0. The van der Waals surface area contributed by atoms with Crippen LogP contribution in [0.5, 0.6) is 0 Å². The van der Waals surface area contributed by atoms with E-state index < -0.39 is 0 Å². The van der Waals surface area contributed by atoms with Gasteiger partial charge >= 0.3 is 0 Å². The average molecular weight is 425 g/mol. The zero-order chi connectivity index (χ0) is 22.7. The van der Waals surface area contributed by atoms with Crippen LogP contribution in [-0.2, 0) is 9.59 Å². The topological polar surface area (TPSA) is 75.2 Å². The molecule has 6 heteroatoms. The summed E-state index contributed by atoms with van der Waals surface area (Å²) in [5.41, 5.74) is 4.92. The summed E-state index contributed by atoms with van der Waals surface area (Å²) in [6, 6.07) is 13.3. The van der Waals surface area contributed by atoms with Crippen molar-refractivity contribution in [3.63, 3.8) is 0 Å². The van der Waals surface area contributed by atoms with Crippen molar-refractivity contribution in [3.8, 4) is 0 Å². The van der Waals surface area contributed by atoms with Gasteiger partial charge < -0.3 is 10.2 Å².